The third-order valence-electron chi connectivity index (χ3n) is 3.12. The molecular formula is C16H20N4O3S. The number of aliphatic hydroxyl groups excluding tert-OH is 1. The number of carbonyl (C=O) groups is 1. The summed E-state index contributed by atoms with van der Waals surface area (Å²) in [5.41, 5.74) is 0.875. The number of carbonyl (C=O) groups excluding carboxylic acids is 1. The number of hydrogen-bond donors (Lipinski definition) is 2. The molecule has 0 spiro atoms. The maximum absolute atomic E-state index is 11.7. The van der Waals surface area contributed by atoms with Crippen molar-refractivity contribution in [1.82, 2.24) is 20.1 Å². The highest BCUT2D eigenvalue weighted by Gasteiger charge is 2.15. The second-order valence-electron chi connectivity index (χ2n) is 4.80. The second-order valence-corrected chi connectivity index (χ2v) is 5.74. The van der Waals surface area contributed by atoms with E-state index in [2.05, 4.69) is 22.1 Å². The molecule has 0 unspecified atom stereocenters. The zero-order chi connectivity index (χ0) is 17.4. The molecule has 0 atom stereocenters. The number of aromatic nitrogens is 3. The highest BCUT2D eigenvalue weighted by atomic mass is 32.2. The van der Waals surface area contributed by atoms with Gasteiger partial charge in [0.1, 0.15) is 5.75 Å². The van der Waals surface area contributed by atoms with E-state index in [1.54, 1.807) is 13.2 Å². The van der Waals surface area contributed by atoms with Gasteiger partial charge in [-0.1, -0.05) is 30.0 Å². The van der Waals surface area contributed by atoms with Crippen molar-refractivity contribution in [3.8, 4) is 17.1 Å². The molecule has 1 aromatic heterocycles. The summed E-state index contributed by atoms with van der Waals surface area (Å²) in [5, 5.41) is 20.4. The third kappa shape index (κ3) is 4.59. The Bertz CT molecular complexity index is 702. The molecule has 0 fully saturated rings. The van der Waals surface area contributed by atoms with Gasteiger partial charge in [0, 0.05) is 18.7 Å². The van der Waals surface area contributed by atoms with Gasteiger partial charge in [-0.2, -0.15) is 0 Å². The number of allylic oxidation sites excluding steroid dienone is 1. The predicted octanol–water partition coefficient (Wildman–Crippen LogP) is 1.34. The fraction of sp³-hybridized carbons (Fsp3) is 0.312. The van der Waals surface area contributed by atoms with Crippen LogP contribution in [0.4, 0.5) is 0 Å². The molecule has 1 amide bonds. The van der Waals surface area contributed by atoms with Crippen LogP contribution in [-0.2, 0) is 11.3 Å². The molecule has 0 saturated carbocycles. The molecule has 24 heavy (non-hydrogen) atoms. The van der Waals surface area contributed by atoms with Crippen LogP contribution in [0, 0.1) is 0 Å². The van der Waals surface area contributed by atoms with Crippen molar-refractivity contribution < 1.29 is 14.6 Å². The number of hydrogen-bond acceptors (Lipinski definition) is 6. The van der Waals surface area contributed by atoms with Gasteiger partial charge in [-0.3, -0.25) is 9.36 Å². The molecule has 0 aliphatic rings. The fourth-order valence-electron chi connectivity index (χ4n) is 2.04. The SMILES string of the molecule is C=CCn1c(SCC(=O)NCCO)nnc1-c1cccc(OC)c1. The lowest BCUT2D eigenvalue weighted by Crippen LogP contribution is -2.28. The van der Waals surface area contributed by atoms with Gasteiger partial charge < -0.3 is 15.2 Å². The van der Waals surface area contributed by atoms with E-state index >= 15 is 0 Å². The Morgan fingerprint density at radius 3 is 3.04 bits per heavy atom. The van der Waals surface area contributed by atoms with E-state index in [4.69, 9.17) is 9.84 Å². The monoisotopic (exact) mass is 348 g/mol. The third-order valence-corrected chi connectivity index (χ3v) is 4.09. The Morgan fingerprint density at radius 1 is 1.50 bits per heavy atom. The topological polar surface area (TPSA) is 89.3 Å². The largest absolute Gasteiger partial charge is 0.497 e. The molecule has 0 radical (unpaired) electrons. The molecule has 0 saturated heterocycles. The zero-order valence-electron chi connectivity index (χ0n) is 13.4. The molecule has 0 aliphatic heterocycles. The Morgan fingerprint density at radius 2 is 2.33 bits per heavy atom. The van der Waals surface area contributed by atoms with Gasteiger partial charge in [-0.25, -0.2) is 0 Å². The molecule has 0 aliphatic carbocycles. The molecule has 2 N–H and O–H groups in total. The van der Waals surface area contributed by atoms with E-state index in [1.807, 2.05) is 28.8 Å². The number of amides is 1. The van der Waals surface area contributed by atoms with Gasteiger partial charge in [-0.05, 0) is 12.1 Å². The summed E-state index contributed by atoms with van der Waals surface area (Å²) in [4.78, 5) is 11.7. The van der Waals surface area contributed by atoms with Gasteiger partial charge in [0.05, 0.1) is 19.5 Å². The van der Waals surface area contributed by atoms with E-state index in [-0.39, 0.29) is 24.8 Å². The average Bonchev–Trinajstić information content (AvgIpc) is 3.01. The smallest absolute Gasteiger partial charge is 0.230 e. The summed E-state index contributed by atoms with van der Waals surface area (Å²) in [7, 11) is 1.61. The zero-order valence-corrected chi connectivity index (χ0v) is 14.3. The first-order valence-corrected chi connectivity index (χ1v) is 8.37. The number of rotatable bonds is 9. The van der Waals surface area contributed by atoms with Crippen molar-refractivity contribution in [3.05, 3.63) is 36.9 Å². The van der Waals surface area contributed by atoms with Gasteiger partial charge in [0.25, 0.3) is 0 Å². The number of nitrogens with zero attached hydrogens (tertiary/aromatic N) is 3. The molecule has 2 rings (SSSR count). The molecule has 8 heteroatoms. The van der Waals surface area contributed by atoms with E-state index in [1.165, 1.54) is 11.8 Å². The van der Waals surface area contributed by atoms with Crippen molar-refractivity contribution >= 4 is 17.7 Å². The Labute approximate surface area is 144 Å². The van der Waals surface area contributed by atoms with Gasteiger partial charge in [0.15, 0.2) is 11.0 Å². The summed E-state index contributed by atoms with van der Waals surface area (Å²) in [6, 6.07) is 7.55. The highest BCUT2D eigenvalue weighted by Crippen LogP contribution is 2.26. The van der Waals surface area contributed by atoms with Crippen molar-refractivity contribution in [2.24, 2.45) is 0 Å². The van der Waals surface area contributed by atoms with Crippen LogP contribution in [0.3, 0.4) is 0 Å². The van der Waals surface area contributed by atoms with Crippen LogP contribution in [0.1, 0.15) is 0 Å². The summed E-state index contributed by atoms with van der Waals surface area (Å²) >= 11 is 1.29. The second kappa shape index (κ2) is 9.09. The summed E-state index contributed by atoms with van der Waals surface area (Å²) in [5.74, 6) is 1.46. The normalized spacial score (nSPS) is 10.4. The van der Waals surface area contributed by atoms with Crippen LogP contribution in [-0.4, -0.2) is 51.8 Å². The Balaban J connectivity index is 2.19. The lowest BCUT2D eigenvalue weighted by atomic mass is 10.2. The Hall–Kier alpha value is -2.32. The fourth-order valence-corrected chi connectivity index (χ4v) is 2.82. The minimum atomic E-state index is -0.162. The van der Waals surface area contributed by atoms with Crippen LogP contribution in [0.2, 0.25) is 0 Å². The van der Waals surface area contributed by atoms with Crippen molar-refractivity contribution in [1.29, 1.82) is 0 Å². The molecular weight excluding hydrogens is 328 g/mol. The van der Waals surface area contributed by atoms with Crippen LogP contribution >= 0.6 is 11.8 Å². The number of aliphatic hydroxyl groups is 1. The summed E-state index contributed by atoms with van der Waals surface area (Å²) in [6.07, 6.45) is 1.75. The van der Waals surface area contributed by atoms with Crippen LogP contribution < -0.4 is 10.1 Å². The van der Waals surface area contributed by atoms with Gasteiger partial charge in [-0.15, -0.1) is 16.8 Å². The van der Waals surface area contributed by atoms with E-state index in [9.17, 15) is 4.79 Å². The number of benzene rings is 1. The molecule has 0 bridgehead atoms. The van der Waals surface area contributed by atoms with Crippen molar-refractivity contribution in [2.75, 3.05) is 26.0 Å². The lowest BCUT2D eigenvalue weighted by molar-refractivity contribution is -0.118. The van der Waals surface area contributed by atoms with Crippen molar-refractivity contribution in [3.63, 3.8) is 0 Å². The Kier molecular flexibility index (Phi) is 6.83. The van der Waals surface area contributed by atoms with Gasteiger partial charge >= 0.3 is 0 Å². The van der Waals surface area contributed by atoms with E-state index in [0.29, 0.717) is 17.5 Å². The number of nitrogens with one attached hydrogen (secondary N) is 1. The van der Waals surface area contributed by atoms with Gasteiger partial charge in [0.2, 0.25) is 5.91 Å². The molecule has 128 valence electrons. The highest BCUT2D eigenvalue weighted by molar-refractivity contribution is 7.99. The molecule has 1 aromatic carbocycles. The molecule has 2 aromatic rings. The average molecular weight is 348 g/mol. The minimum absolute atomic E-state index is 0.0803. The van der Waals surface area contributed by atoms with E-state index in [0.717, 1.165) is 11.3 Å². The first kappa shape index (κ1) is 18.0. The summed E-state index contributed by atoms with van der Waals surface area (Å²) in [6.45, 7) is 4.45. The van der Waals surface area contributed by atoms with E-state index < -0.39 is 0 Å². The maximum Gasteiger partial charge on any atom is 0.230 e. The number of thioether (sulfide) groups is 1. The minimum Gasteiger partial charge on any atom is -0.497 e. The van der Waals surface area contributed by atoms with Crippen LogP contribution in [0.25, 0.3) is 11.4 Å². The van der Waals surface area contributed by atoms with Crippen LogP contribution in [0.5, 0.6) is 5.75 Å². The first-order chi connectivity index (χ1) is 11.7. The lowest BCUT2D eigenvalue weighted by Gasteiger charge is -2.08. The summed E-state index contributed by atoms with van der Waals surface area (Å²) < 4.78 is 7.14. The number of methoxy groups -OCH3 is 1. The van der Waals surface area contributed by atoms with Crippen molar-refractivity contribution in [2.45, 2.75) is 11.7 Å². The molecule has 1 heterocycles. The first-order valence-electron chi connectivity index (χ1n) is 7.38. The predicted molar refractivity (Wildman–Crippen MR) is 93.0 cm³/mol. The standard InChI is InChI=1S/C16H20N4O3S/c1-3-8-20-15(12-5-4-6-13(10-12)23-2)18-19-16(20)24-11-14(22)17-7-9-21/h3-6,10,21H,1,7-9,11H2,2H3,(H,17,22). The number of ether oxygens (including phenoxy) is 1. The maximum atomic E-state index is 11.7. The molecule has 7 nitrogen and oxygen atoms in total. The quantitative estimate of drug-likeness (QED) is 0.525. The van der Waals surface area contributed by atoms with Crippen LogP contribution in [0.15, 0.2) is 42.1 Å².